The van der Waals surface area contributed by atoms with E-state index in [2.05, 4.69) is 22.1 Å². The summed E-state index contributed by atoms with van der Waals surface area (Å²) in [7, 11) is 0. The number of halogens is 2. The minimum absolute atomic E-state index is 0.197. The first-order valence-corrected chi connectivity index (χ1v) is 8.83. The summed E-state index contributed by atoms with van der Waals surface area (Å²) >= 11 is 13.5. The first kappa shape index (κ1) is 17.6. The lowest BCUT2D eigenvalue weighted by Gasteiger charge is -2.22. The van der Waals surface area contributed by atoms with E-state index in [1.165, 1.54) is 22.3 Å². The van der Waals surface area contributed by atoms with Gasteiger partial charge in [0, 0.05) is 16.4 Å². The number of rotatable bonds is 6. The maximum Gasteiger partial charge on any atom is 0.256 e. The van der Waals surface area contributed by atoms with Crippen molar-refractivity contribution in [2.24, 2.45) is 0 Å². The molecular formula is C16H13Cl2N5OS. The van der Waals surface area contributed by atoms with Gasteiger partial charge in [-0.2, -0.15) is 4.68 Å². The summed E-state index contributed by atoms with van der Waals surface area (Å²) in [6.07, 6.45) is 3.10. The first-order chi connectivity index (χ1) is 12.1. The Morgan fingerprint density at radius 2 is 2.16 bits per heavy atom. The topological polar surface area (TPSA) is 63.9 Å². The van der Waals surface area contributed by atoms with E-state index in [9.17, 15) is 4.79 Å². The van der Waals surface area contributed by atoms with Crippen molar-refractivity contribution in [3.05, 3.63) is 69.1 Å². The van der Waals surface area contributed by atoms with Crippen LogP contribution in [-0.2, 0) is 6.54 Å². The van der Waals surface area contributed by atoms with Crippen LogP contribution < -0.4 is 0 Å². The third kappa shape index (κ3) is 4.07. The molecule has 0 fully saturated rings. The van der Waals surface area contributed by atoms with Gasteiger partial charge in [-0.05, 0) is 40.8 Å². The van der Waals surface area contributed by atoms with Gasteiger partial charge in [0.15, 0.2) is 0 Å². The molecule has 2 aromatic heterocycles. The Bertz CT molecular complexity index is 894. The zero-order valence-corrected chi connectivity index (χ0v) is 15.3. The highest BCUT2D eigenvalue weighted by molar-refractivity contribution is 7.16. The molecule has 0 saturated heterocycles. The van der Waals surface area contributed by atoms with Crippen LogP contribution in [0.3, 0.4) is 0 Å². The molecule has 2 heterocycles. The van der Waals surface area contributed by atoms with Crippen LogP contribution in [0.4, 0.5) is 0 Å². The van der Waals surface area contributed by atoms with Crippen molar-refractivity contribution in [3.8, 4) is 5.69 Å². The second kappa shape index (κ2) is 7.77. The fourth-order valence-electron chi connectivity index (χ4n) is 2.32. The molecule has 0 unspecified atom stereocenters. The van der Waals surface area contributed by atoms with Crippen LogP contribution >= 0.6 is 34.5 Å². The molecule has 0 aliphatic carbocycles. The Kier molecular flexibility index (Phi) is 5.47. The van der Waals surface area contributed by atoms with Gasteiger partial charge >= 0.3 is 0 Å². The lowest BCUT2D eigenvalue weighted by atomic mass is 10.1. The van der Waals surface area contributed by atoms with Crippen LogP contribution in [-0.4, -0.2) is 37.6 Å². The fraction of sp³-hybridized carbons (Fsp3) is 0.125. The van der Waals surface area contributed by atoms with Gasteiger partial charge in [0.2, 0.25) is 0 Å². The van der Waals surface area contributed by atoms with Crippen LogP contribution in [0.15, 0.2) is 49.3 Å². The number of hydrogen-bond donors (Lipinski definition) is 0. The second-order valence-electron chi connectivity index (χ2n) is 5.10. The summed E-state index contributed by atoms with van der Waals surface area (Å²) in [5.74, 6) is -0.197. The molecule has 0 spiro atoms. The third-order valence-electron chi connectivity index (χ3n) is 3.40. The monoisotopic (exact) mass is 393 g/mol. The molecule has 1 aromatic carbocycles. The Balaban J connectivity index is 1.96. The Labute approximate surface area is 158 Å². The summed E-state index contributed by atoms with van der Waals surface area (Å²) in [5.41, 5.74) is 0.960. The number of hydrogen-bond acceptors (Lipinski definition) is 5. The molecule has 1 amide bonds. The fourth-order valence-corrected chi connectivity index (χ4v) is 3.60. The number of thiophene rings is 1. The van der Waals surface area contributed by atoms with E-state index in [-0.39, 0.29) is 5.91 Å². The molecule has 0 N–H and O–H groups in total. The summed E-state index contributed by atoms with van der Waals surface area (Å²) in [4.78, 5) is 15.8. The number of benzene rings is 1. The van der Waals surface area contributed by atoms with E-state index >= 15 is 0 Å². The minimum Gasteiger partial charge on any atom is -0.330 e. The Morgan fingerprint density at radius 3 is 2.80 bits per heavy atom. The zero-order chi connectivity index (χ0) is 17.8. The number of nitrogens with zero attached hydrogens (tertiary/aromatic N) is 5. The van der Waals surface area contributed by atoms with Crippen LogP contribution in [0.2, 0.25) is 9.36 Å². The average Bonchev–Trinajstić information content (AvgIpc) is 3.25. The number of carbonyl (C=O) groups excluding carboxylic acids is 1. The number of aromatic nitrogens is 4. The number of carbonyl (C=O) groups is 1. The largest absolute Gasteiger partial charge is 0.330 e. The van der Waals surface area contributed by atoms with Crippen molar-refractivity contribution >= 4 is 40.4 Å². The standard InChI is InChI=1S/C16H13Cl2N5OS/c1-2-7-22(9-12-4-6-15(18)25-12)16(24)13-8-11(17)3-5-14(13)23-10-19-20-21-23/h2-6,8,10H,1,7,9H2. The number of amides is 1. The maximum absolute atomic E-state index is 13.1. The smallest absolute Gasteiger partial charge is 0.256 e. The normalized spacial score (nSPS) is 10.6. The molecule has 0 radical (unpaired) electrons. The van der Waals surface area contributed by atoms with Crippen molar-refractivity contribution < 1.29 is 4.79 Å². The Hall–Kier alpha value is -2.22. The highest BCUT2D eigenvalue weighted by Crippen LogP contribution is 2.25. The Morgan fingerprint density at radius 1 is 1.32 bits per heavy atom. The van der Waals surface area contributed by atoms with Crippen LogP contribution in [0.1, 0.15) is 15.2 Å². The molecule has 0 bridgehead atoms. The summed E-state index contributed by atoms with van der Waals surface area (Å²) in [6.45, 7) is 4.54. The molecule has 0 atom stereocenters. The second-order valence-corrected chi connectivity index (χ2v) is 7.33. The number of tetrazole rings is 1. The summed E-state index contributed by atoms with van der Waals surface area (Å²) in [5, 5.41) is 11.6. The van der Waals surface area contributed by atoms with Gasteiger partial charge < -0.3 is 4.90 Å². The van der Waals surface area contributed by atoms with Gasteiger partial charge in [-0.3, -0.25) is 4.79 Å². The van der Waals surface area contributed by atoms with Gasteiger partial charge in [-0.1, -0.05) is 29.3 Å². The van der Waals surface area contributed by atoms with Crippen LogP contribution in [0, 0.1) is 0 Å². The molecule has 0 aliphatic heterocycles. The predicted octanol–water partition coefficient (Wildman–Crippen LogP) is 3.86. The van der Waals surface area contributed by atoms with Gasteiger partial charge in [0.25, 0.3) is 5.91 Å². The lowest BCUT2D eigenvalue weighted by molar-refractivity contribution is 0.0764. The van der Waals surface area contributed by atoms with Gasteiger partial charge in [0.05, 0.1) is 22.1 Å². The molecule has 25 heavy (non-hydrogen) atoms. The molecular weight excluding hydrogens is 381 g/mol. The quantitative estimate of drug-likeness (QED) is 0.596. The molecule has 128 valence electrons. The molecule has 0 aliphatic rings. The van der Waals surface area contributed by atoms with Crippen LogP contribution in [0.25, 0.3) is 5.69 Å². The van der Waals surface area contributed by atoms with Gasteiger partial charge in [-0.15, -0.1) is 23.0 Å². The van der Waals surface area contributed by atoms with Crippen molar-refractivity contribution in [2.75, 3.05) is 6.54 Å². The molecule has 9 heteroatoms. The van der Waals surface area contributed by atoms with E-state index < -0.39 is 0 Å². The van der Waals surface area contributed by atoms with E-state index in [1.54, 1.807) is 29.2 Å². The predicted molar refractivity (Wildman–Crippen MR) is 98.4 cm³/mol. The average molecular weight is 394 g/mol. The van der Waals surface area contributed by atoms with Crippen molar-refractivity contribution in [3.63, 3.8) is 0 Å². The van der Waals surface area contributed by atoms with Gasteiger partial charge in [0.1, 0.15) is 6.33 Å². The van der Waals surface area contributed by atoms with E-state index in [0.29, 0.717) is 33.7 Å². The summed E-state index contributed by atoms with van der Waals surface area (Å²) < 4.78 is 2.11. The van der Waals surface area contributed by atoms with E-state index in [1.807, 2.05) is 12.1 Å². The highest BCUT2D eigenvalue weighted by Gasteiger charge is 2.21. The molecule has 6 nitrogen and oxygen atoms in total. The molecule has 3 aromatic rings. The zero-order valence-electron chi connectivity index (χ0n) is 13.0. The summed E-state index contributed by atoms with van der Waals surface area (Å²) in [6, 6.07) is 8.71. The van der Waals surface area contributed by atoms with E-state index in [4.69, 9.17) is 23.2 Å². The lowest BCUT2D eigenvalue weighted by Crippen LogP contribution is -2.31. The van der Waals surface area contributed by atoms with Gasteiger partial charge in [-0.25, -0.2) is 0 Å². The first-order valence-electron chi connectivity index (χ1n) is 7.26. The minimum atomic E-state index is -0.197. The molecule has 0 saturated carbocycles. The highest BCUT2D eigenvalue weighted by atomic mass is 35.5. The maximum atomic E-state index is 13.1. The third-order valence-corrected chi connectivity index (χ3v) is 4.85. The van der Waals surface area contributed by atoms with Crippen molar-refractivity contribution in [1.82, 2.24) is 25.1 Å². The van der Waals surface area contributed by atoms with Crippen LogP contribution in [0.5, 0.6) is 0 Å². The van der Waals surface area contributed by atoms with Crippen molar-refractivity contribution in [2.45, 2.75) is 6.54 Å². The SMILES string of the molecule is C=CCN(Cc1ccc(Cl)s1)C(=O)c1cc(Cl)ccc1-n1cnnn1. The van der Waals surface area contributed by atoms with E-state index in [0.717, 1.165) is 4.88 Å². The molecule has 3 rings (SSSR count). The van der Waals surface area contributed by atoms with Crippen molar-refractivity contribution in [1.29, 1.82) is 0 Å².